The number of likely N-dealkylation sites (N-methyl/N-ethyl adjacent to an activating group) is 1. The van der Waals surface area contributed by atoms with Gasteiger partial charge in [0, 0.05) is 23.7 Å². The van der Waals surface area contributed by atoms with Crippen LogP contribution in [0.4, 0.5) is 11.4 Å². The fourth-order valence-corrected chi connectivity index (χ4v) is 2.81. The van der Waals surface area contributed by atoms with Gasteiger partial charge in [0.05, 0.1) is 23.9 Å². The number of amides is 1. The number of anilines is 1. The molecule has 0 aromatic heterocycles. The lowest BCUT2D eigenvalue weighted by molar-refractivity contribution is -0.386. The summed E-state index contributed by atoms with van der Waals surface area (Å²) in [5.41, 5.74) is 1.43. The molecule has 0 fully saturated rings. The van der Waals surface area contributed by atoms with E-state index < -0.39 is 16.4 Å². The summed E-state index contributed by atoms with van der Waals surface area (Å²) in [4.78, 5) is 24.4. The number of nitro benzene ring substituents is 1. The fourth-order valence-electron chi connectivity index (χ4n) is 2.81. The molecule has 0 spiro atoms. The average Bonchev–Trinajstić information content (AvgIpc) is 2.93. The van der Waals surface area contributed by atoms with Gasteiger partial charge in [-0.05, 0) is 19.1 Å². The second-order valence-electron chi connectivity index (χ2n) is 5.61. The lowest BCUT2D eigenvalue weighted by Crippen LogP contribution is -2.29. The highest BCUT2D eigenvalue weighted by molar-refractivity contribution is 6.54. The molecule has 0 saturated heterocycles. The van der Waals surface area contributed by atoms with Gasteiger partial charge in [-0.15, -0.1) is 5.10 Å². The Hall–Kier alpha value is -3.75. The molecule has 1 aliphatic heterocycles. The van der Waals surface area contributed by atoms with E-state index in [0.29, 0.717) is 17.7 Å². The number of phenols is 1. The molecule has 1 aliphatic rings. The Labute approximate surface area is 154 Å². The van der Waals surface area contributed by atoms with Crippen LogP contribution >= 0.6 is 0 Å². The third kappa shape index (κ3) is 3.22. The van der Waals surface area contributed by atoms with Gasteiger partial charge in [-0.1, -0.05) is 18.2 Å². The molecule has 0 atom stereocenters. The number of carbonyl (C=O) groups excluding carboxylic acids is 1. The molecule has 138 valence electrons. The predicted molar refractivity (Wildman–Crippen MR) is 99.9 cm³/mol. The molecule has 0 saturated carbocycles. The molecule has 9 nitrogen and oxygen atoms in total. The van der Waals surface area contributed by atoms with E-state index in [0.717, 1.165) is 11.8 Å². The molecule has 9 heteroatoms. The Bertz CT molecular complexity index is 984. The predicted octanol–water partition coefficient (Wildman–Crippen LogP) is 2.50. The van der Waals surface area contributed by atoms with E-state index in [2.05, 4.69) is 10.2 Å². The van der Waals surface area contributed by atoms with Crippen LogP contribution in [0.5, 0.6) is 11.5 Å². The number of nitrogens with zero attached hydrogens (tertiary/aromatic N) is 4. The zero-order valence-electron chi connectivity index (χ0n) is 14.6. The number of ether oxygens (including phenoxy) is 1. The van der Waals surface area contributed by atoms with Crippen LogP contribution < -0.4 is 9.64 Å². The quantitative estimate of drug-likeness (QED) is 0.494. The number of carbonyl (C=O) groups is 1. The number of aromatic hydroxyl groups is 1. The summed E-state index contributed by atoms with van der Waals surface area (Å²) in [7, 11) is 1.29. The molecule has 27 heavy (non-hydrogen) atoms. The van der Waals surface area contributed by atoms with Crippen molar-refractivity contribution in [2.45, 2.75) is 6.92 Å². The number of benzene rings is 2. The summed E-state index contributed by atoms with van der Waals surface area (Å²) in [5, 5.41) is 28.8. The van der Waals surface area contributed by atoms with Crippen LogP contribution in [-0.4, -0.2) is 41.5 Å². The minimum atomic E-state index is -0.725. The molecule has 0 radical (unpaired) electrons. The van der Waals surface area contributed by atoms with E-state index in [-0.39, 0.29) is 17.4 Å². The number of para-hydroxylation sites is 1. The molecule has 0 bridgehead atoms. The van der Waals surface area contributed by atoms with Crippen molar-refractivity contribution in [3.05, 3.63) is 57.6 Å². The van der Waals surface area contributed by atoms with Crippen molar-refractivity contribution in [2.24, 2.45) is 10.2 Å². The Morgan fingerprint density at radius 3 is 2.74 bits per heavy atom. The van der Waals surface area contributed by atoms with Gasteiger partial charge in [0.2, 0.25) is 5.75 Å². The molecule has 2 aromatic rings. The van der Waals surface area contributed by atoms with E-state index in [4.69, 9.17) is 4.74 Å². The van der Waals surface area contributed by atoms with Crippen molar-refractivity contribution in [3.63, 3.8) is 0 Å². The van der Waals surface area contributed by atoms with E-state index >= 15 is 0 Å². The lowest BCUT2D eigenvalue weighted by atomic mass is 10.1. The Kier molecular flexibility index (Phi) is 4.84. The van der Waals surface area contributed by atoms with Crippen LogP contribution in [0.25, 0.3) is 0 Å². The van der Waals surface area contributed by atoms with Crippen molar-refractivity contribution in [2.75, 3.05) is 18.6 Å². The molecular formula is C18H16N4O5. The molecular weight excluding hydrogens is 352 g/mol. The summed E-state index contributed by atoms with van der Waals surface area (Å²) in [6.07, 6.45) is 1.26. The van der Waals surface area contributed by atoms with E-state index in [1.54, 1.807) is 17.0 Å². The van der Waals surface area contributed by atoms with Gasteiger partial charge >= 0.3 is 5.69 Å². The van der Waals surface area contributed by atoms with Gasteiger partial charge in [0.1, 0.15) is 0 Å². The number of hydrogen-bond acceptors (Lipinski definition) is 7. The molecule has 1 N–H and O–H groups in total. The zero-order chi connectivity index (χ0) is 19.6. The minimum Gasteiger partial charge on any atom is -0.500 e. The van der Waals surface area contributed by atoms with Gasteiger partial charge in [-0.25, -0.2) is 0 Å². The van der Waals surface area contributed by atoms with Gasteiger partial charge < -0.3 is 14.7 Å². The largest absolute Gasteiger partial charge is 0.500 e. The number of fused-ring (bicyclic) bond motifs is 1. The van der Waals surface area contributed by atoms with Gasteiger partial charge in [0.15, 0.2) is 11.5 Å². The zero-order valence-corrected chi connectivity index (χ0v) is 14.6. The van der Waals surface area contributed by atoms with Crippen LogP contribution in [0.2, 0.25) is 0 Å². The van der Waals surface area contributed by atoms with Crippen LogP contribution in [0, 0.1) is 10.1 Å². The number of phenolic OH excluding ortho intramolecular Hbond substituents is 1. The molecule has 0 unspecified atom stereocenters. The van der Waals surface area contributed by atoms with Gasteiger partial charge in [-0.3, -0.25) is 14.9 Å². The number of nitro groups is 1. The summed E-state index contributed by atoms with van der Waals surface area (Å²) in [5.74, 6) is -0.882. The average molecular weight is 368 g/mol. The Morgan fingerprint density at radius 1 is 1.33 bits per heavy atom. The highest BCUT2D eigenvalue weighted by atomic mass is 16.6. The van der Waals surface area contributed by atoms with E-state index in [1.807, 2.05) is 19.1 Å². The van der Waals surface area contributed by atoms with Crippen molar-refractivity contribution in [3.8, 4) is 11.5 Å². The standard InChI is InChI=1S/C18H16N4O5/c1-3-21-13-7-5-4-6-12(13)16(18(21)24)20-19-10-11-8-14(22(25)26)17(23)15(9-11)27-2/h4-10,23H,3H2,1-2H3/b19-10-,20-16+. The van der Waals surface area contributed by atoms with E-state index in [9.17, 15) is 20.0 Å². The van der Waals surface area contributed by atoms with Gasteiger partial charge in [-0.2, -0.15) is 5.10 Å². The molecule has 1 amide bonds. The number of rotatable bonds is 5. The first-order valence-electron chi connectivity index (χ1n) is 8.05. The van der Waals surface area contributed by atoms with Crippen molar-refractivity contribution in [1.82, 2.24) is 0 Å². The van der Waals surface area contributed by atoms with Crippen LogP contribution in [0.15, 0.2) is 46.6 Å². The van der Waals surface area contributed by atoms with Crippen LogP contribution in [0.1, 0.15) is 18.1 Å². The normalized spacial score (nSPS) is 14.8. The second kappa shape index (κ2) is 7.24. The number of methoxy groups -OCH3 is 1. The first-order valence-corrected chi connectivity index (χ1v) is 8.05. The lowest BCUT2D eigenvalue weighted by Gasteiger charge is -2.12. The smallest absolute Gasteiger partial charge is 0.315 e. The maximum atomic E-state index is 12.5. The molecule has 0 aliphatic carbocycles. The summed E-state index contributed by atoms with van der Waals surface area (Å²) in [6.45, 7) is 2.36. The van der Waals surface area contributed by atoms with Crippen LogP contribution in [0.3, 0.4) is 0 Å². The summed E-state index contributed by atoms with van der Waals surface area (Å²) >= 11 is 0. The maximum absolute atomic E-state index is 12.5. The third-order valence-electron chi connectivity index (χ3n) is 4.07. The van der Waals surface area contributed by atoms with Crippen LogP contribution in [-0.2, 0) is 4.79 Å². The van der Waals surface area contributed by atoms with Crippen molar-refractivity contribution in [1.29, 1.82) is 0 Å². The maximum Gasteiger partial charge on any atom is 0.315 e. The Morgan fingerprint density at radius 2 is 2.07 bits per heavy atom. The van der Waals surface area contributed by atoms with Crippen molar-refractivity contribution >= 4 is 29.2 Å². The van der Waals surface area contributed by atoms with Gasteiger partial charge in [0.25, 0.3) is 5.91 Å². The Balaban J connectivity index is 1.97. The third-order valence-corrected chi connectivity index (χ3v) is 4.07. The summed E-state index contributed by atoms with van der Waals surface area (Å²) < 4.78 is 4.94. The second-order valence-corrected chi connectivity index (χ2v) is 5.61. The monoisotopic (exact) mass is 368 g/mol. The minimum absolute atomic E-state index is 0.0576. The first-order chi connectivity index (χ1) is 13.0. The fraction of sp³-hybridized carbons (Fsp3) is 0.167. The van der Waals surface area contributed by atoms with Crippen molar-refractivity contribution < 1.29 is 19.6 Å². The highest BCUT2D eigenvalue weighted by Crippen LogP contribution is 2.36. The summed E-state index contributed by atoms with van der Waals surface area (Å²) in [6, 6.07) is 9.78. The molecule has 2 aromatic carbocycles. The number of hydrogen-bond donors (Lipinski definition) is 1. The van der Waals surface area contributed by atoms with E-state index in [1.165, 1.54) is 19.4 Å². The first kappa shape index (κ1) is 18.1. The SMILES string of the molecule is CCN1C(=O)/C(=N/N=C\c2cc(OC)c(O)c([N+](=O)[O-])c2)c2ccccc21. The highest BCUT2D eigenvalue weighted by Gasteiger charge is 2.32. The molecule has 1 heterocycles. The topological polar surface area (TPSA) is 118 Å². The molecule has 3 rings (SSSR count).